The molecule has 1 atom stereocenters. The molecule has 3 nitrogen and oxygen atoms in total. The Morgan fingerprint density at radius 1 is 1.86 bits per heavy atom. The van der Waals surface area contributed by atoms with Crippen molar-refractivity contribution in [2.24, 2.45) is 0 Å². The van der Waals surface area contributed by atoms with Gasteiger partial charge >= 0.3 is 0 Å². The molecule has 0 unspecified atom stereocenters. The van der Waals surface area contributed by atoms with E-state index in [1.54, 1.807) is 19.5 Å². The molecule has 0 saturated carbocycles. The van der Waals surface area contributed by atoms with Gasteiger partial charge in [-0.3, -0.25) is 0 Å². The van der Waals surface area contributed by atoms with Gasteiger partial charge in [0.25, 0.3) is 0 Å². The molecular formula is C4H10NO2-. The monoisotopic (exact) mass is 104 g/mol. The zero-order valence-corrected chi connectivity index (χ0v) is 4.60. The Morgan fingerprint density at radius 2 is 2.43 bits per heavy atom. The van der Waals surface area contributed by atoms with Crippen LogP contribution in [0.5, 0.6) is 0 Å². The molecule has 0 fully saturated rings. The highest BCUT2D eigenvalue weighted by Crippen LogP contribution is 1.77. The van der Waals surface area contributed by atoms with Crippen LogP contribution in [0.15, 0.2) is 0 Å². The van der Waals surface area contributed by atoms with E-state index < -0.39 is 0 Å². The van der Waals surface area contributed by atoms with Crippen LogP contribution in [0.4, 0.5) is 0 Å². The van der Waals surface area contributed by atoms with Crippen LogP contribution in [-0.4, -0.2) is 19.8 Å². The van der Waals surface area contributed by atoms with Crippen LogP contribution in [0.25, 0.3) is 0 Å². The number of hydrogen-bond acceptors (Lipinski definition) is 3. The summed E-state index contributed by atoms with van der Waals surface area (Å²) in [7, 11) is 1.56. The van der Waals surface area contributed by atoms with Crippen molar-refractivity contribution in [3.05, 3.63) is 5.21 Å². The first-order chi connectivity index (χ1) is 3.31. The van der Waals surface area contributed by atoms with E-state index in [9.17, 15) is 5.21 Å². The Morgan fingerprint density at radius 3 is 2.57 bits per heavy atom. The van der Waals surface area contributed by atoms with Crippen molar-refractivity contribution >= 4 is 0 Å². The molecule has 0 aliphatic heterocycles. The molecule has 0 heterocycles. The molecule has 0 aliphatic carbocycles. The maximum Gasteiger partial charge on any atom is 0.0604 e. The largest absolute Gasteiger partial charge is 0.787 e. The zero-order chi connectivity index (χ0) is 5.70. The molecule has 0 spiro atoms. The van der Waals surface area contributed by atoms with Gasteiger partial charge < -0.3 is 15.4 Å². The quantitative estimate of drug-likeness (QED) is 0.517. The van der Waals surface area contributed by atoms with Gasteiger partial charge in [-0.05, 0) is 6.92 Å². The lowest BCUT2D eigenvalue weighted by atomic mass is 10.4. The standard InChI is InChI=1S/C4H10NO2/c1-4(5-6)3-7-2/h4-5H,3H2,1-2H3/q-1/t4-/m1/s1. The first kappa shape index (κ1) is 6.88. The fourth-order valence-corrected chi connectivity index (χ4v) is 0.284. The maximum atomic E-state index is 9.69. The molecule has 44 valence electrons. The molecule has 0 aromatic heterocycles. The molecule has 0 amide bonds. The highest BCUT2D eigenvalue weighted by atomic mass is 16.5. The van der Waals surface area contributed by atoms with Crippen LogP contribution in [0.3, 0.4) is 0 Å². The third kappa shape index (κ3) is 3.72. The summed E-state index contributed by atoms with van der Waals surface area (Å²) in [5.74, 6) is 0. The summed E-state index contributed by atoms with van der Waals surface area (Å²) < 4.78 is 4.63. The van der Waals surface area contributed by atoms with Crippen molar-refractivity contribution < 1.29 is 4.74 Å². The summed E-state index contributed by atoms with van der Waals surface area (Å²) in [5.41, 5.74) is 1.79. The number of hydroxylamine groups is 1. The van der Waals surface area contributed by atoms with Crippen molar-refractivity contribution in [1.82, 2.24) is 5.48 Å². The molecule has 0 aliphatic rings. The van der Waals surface area contributed by atoms with Crippen molar-refractivity contribution in [3.8, 4) is 0 Å². The van der Waals surface area contributed by atoms with E-state index >= 15 is 0 Å². The number of hydrogen-bond donors (Lipinski definition) is 1. The van der Waals surface area contributed by atoms with Gasteiger partial charge in [0.2, 0.25) is 0 Å². The third-order valence-electron chi connectivity index (χ3n) is 0.618. The molecule has 0 rings (SSSR count). The Labute approximate surface area is 43.2 Å². The first-order valence-electron chi connectivity index (χ1n) is 2.18. The Kier molecular flexibility index (Phi) is 3.98. The summed E-state index contributed by atoms with van der Waals surface area (Å²) in [5, 5.41) is 9.69. The predicted molar refractivity (Wildman–Crippen MR) is 27.8 cm³/mol. The van der Waals surface area contributed by atoms with E-state index in [1.165, 1.54) is 0 Å². The number of rotatable bonds is 3. The van der Waals surface area contributed by atoms with E-state index in [0.717, 1.165) is 0 Å². The van der Waals surface area contributed by atoms with Gasteiger partial charge in [0.05, 0.1) is 6.61 Å². The fourth-order valence-electron chi connectivity index (χ4n) is 0.284. The van der Waals surface area contributed by atoms with Gasteiger partial charge in [-0.25, -0.2) is 0 Å². The number of ether oxygens (including phenoxy) is 1. The Bertz CT molecular complexity index is 40.7. The van der Waals surface area contributed by atoms with Crippen LogP contribution < -0.4 is 5.48 Å². The molecule has 0 bridgehead atoms. The minimum Gasteiger partial charge on any atom is -0.787 e. The lowest BCUT2D eigenvalue weighted by molar-refractivity contribution is 0.177. The molecule has 0 aromatic rings. The molecule has 0 radical (unpaired) electrons. The average molecular weight is 104 g/mol. The van der Waals surface area contributed by atoms with Crippen molar-refractivity contribution in [1.29, 1.82) is 0 Å². The third-order valence-corrected chi connectivity index (χ3v) is 0.618. The van der Waals surface area contributed by atoms with Gasteiger partial charge in [0.1, 0.15) is 0 Å². The second kappa shape index (κ2) is 4.05. The number of methoxy groups -OCH3 is 1. The van der Waals surface area contributed by atoms with Gasteiger partial charge in [0.15, 0.2) is 0 Å². The highest BCUT2D eigenvalue weighted by Gasteiger charge is 1.88. The van der Waals surface area contributed by atoms with E-state index in [-0.39, 0.29) is 6.04 Å². The second-order valence-corrected chi connectivity index (χ2v) is 1.47. The highest BCUT2D eigenvalue weighted by molar-refractivity contribution is 4.56. The molecule has 3 heteroatoms. The van der Waals surface area contributed by atoms with Gasteiger partial charge in [0, 0.05) is 13.2 Å². The maximum absolute atomic E-state index is 9.69. The van der Waals surface area contributed by atoms with Crippen molar-refractivity contribution in [3.63, 3.8) is 0 Å². The van der Waals surface area contributed by atoms with Crippen LogP contribution >= 0.6 is 0 Å². The molecule has 7 heavy (non-hydrogen) atoms. The summed E-state index contributed by atoms with van der Waals surface area (Å²) in [6.07, 6.45) is 0. The van der Waals surface area contributed by atoms with Crippen LogP contribution in [0.2, 0.25) is 0 Å². The topological polar surface area (TPSA) is 44.3 Å². The molecular weight excluding hydrogens is 94.0 g/mol. The normalized spacial score (nSPS) is 14.1. The zero-order valence-electron chi connectivity index (χ0n) is 4.60. The Balaban J connectivity index is 2.83. The average Bonchev–Trinajstić information content (AvgIpc) is 1.68. The molecule has 1 N–H and O–H groups in total. The minimum absolute atomic E-state index is 0.0787. The van der Waals surface area contributed by atoms with E-state index in [4.69, 9.17) is 0 Å². The van der Waals surface area contributed by atoms with Gasteiger partial charge in [-0.15, -0.1) is 0 Å². The van der Waals surface area contributed by atoms with Crippen molar-refractivity contribution in [2.75, 3.05) is 13.7 Å². The SMILES string of the molecule is COC[C@@H](C)N[O-]. The van der Waals surface area contributed by atoms with Crippen LogP contribution in [-0.2, 0) is 4.74 Å². The smallest absolute Gasteiger partial charge is 0.0604 e. The first-order valence-corrected chi connectivity index (χ1v) is 2.18. The summed E-state index contributed by atoms with van der Waals surface area (Å²) >= 11 is 0. The van der Waals surface area contributed by atoms with E-state index in [2.05, 4.69) is 4.74 Å². The van der Waals surface area contributed by atoms with Gasteiger partial charge in [-0.1, -0.05) is 0 Å². The number of nitrogens with one attached hydrogen (secondary N) is 1. The predicted octanol–water partition coefficient (Wildman–Crippen LogP) is 0.109. The molecule has 0 saturated heterocycles. The lowest BCUT2D eigenvalue weighted by Crippen LogP contribution is -2.24. The van der Waals surface area contributed by atoms with Gasteiger partial charge in [-0.2, -0.15) is 0 Å². The minimum atomic E-state index is -0.0787. The second-order valence-electron chi connectivity index (χ2n) is 1.47. The summed E-state index contributed by atoms with van der Waals surface area (Å²) in [6, 6.07) is -0.0787. The van der Waals surface area contributed by atoms with Crippen molar-refractivity contribution in [2.45, 2.75) is 13.0 Å². The fraction of sp³-hybridized carbons (Fsp3) is 1.00. The summed E-state index contributed by atoms with van der Waals surface area (Å²) in [6.45, 7) is 2.24. The lowest BCUT2D eigenvalue weighted by Gasteiger charge is -2.14. The molecule has 0 aromatic carbocycles. The summed E-state index contributed by atoms with van der Waals surface area (Å²) in [4.78, 5) is 0. The Hall–Kier alpha value is -0.120. The van der Waals surface area contributed by atoms with E-state index in [1.807, 2.05) is 0 Å². The van der Waals surface area contributed by atoms with Crippen LogP contribution in [0, 0.1) is 5.21 Å². The van der Waals surface area contributed by atoms with Crippen LogP contribution in [0.1, 0.15) is 6.92 Å². The van der Waals surface area contributed by atoms with E-state index in [0.29, 0.717) is 6.61 Å².